The normalized spacial score (nSPS) is 17.9. The Bertz CT molecular complexity index is 440. The Morgan fingerprint density at radius 3 is 2.71 bits per heavy atom. The first-order chi connectivity index (χ1) is 8.08. The minimum absolute atomic E-state index is 0.468. The van der Waals surface area contributed by atoms with Crippen LogP contribution in [0.1, 0.15) is 31.9 Å². The van der Waals surface area contributed by atoms with Gasteiger partial charge in [-0.2, -0.15) is 0 Å². The van der Waals surface area contributed by atoms with Gasteiger partial charge in [-0.05, 0) is 38.0 Å². The molecule has 2 nitrogen and oxygen atoms in total. The smallest absolute Gasteiger partial charge is 0.0762 e. The molecule has 1 aromatic carbocycles. The van der Waals surface area contributed by atoms with E-state index in [1.54, 1.807) is 6.92 Å². The van der Waals surface area contributed by atoms with Gasteiger partial charge in [-0.3, -0.25) is 0 Å². The molecule has 2 rings (SSSR count). The van der Waals surface area contributed by atoms with Gasteiger partial charge in [0.25, 0.3) is 0 Å². The number of rotatable bonds is 2. The molecule has 0 saturated carbocycles. The van der Waals surface area contributed by atoms with E-state index in [0.717, 1.165) is 35.8 Å². The van der Waals surface area contributed by atoms with E-state index >= 15 is 0 Å². The Balaban J connectivity index is 2.22. The van der Waals surface area contributed by atoms with Crippen molar-refractivity contribution < 1.29 is 5.11 Å². The predicted molar refractivity (Wildman–Crippen MR) is 72.7 cm³/mol. The van der Waals surface area contributed by atoms with Crippen molar-refractivity contribution in [3.8, 4) is 0 Å². The van der Waals surface area contributed by atoms with Crippen LogP contribution >= 0.6 is 11.6 Å². The van der Waals surface area contributed by atoms with Crippen molar-refractivity contribution in [3.63, 3.8) is 0 Å². The van der Waals surface area contributed by atoms with Crippen molar-refractivity contribution in [2.45, 2.75) is 26.4 Å². The Morgan fingerprint density at radius 1 is 1.41 bits per heavy atom. The molecule has 0 unspecified atom stereocenters. The lowest BCUT2D eigenvalue weighted by molar-refractivity contribution is 0.199. The number of aliphatic hydroxyl groups excluding tert-OH is 1. The van der Waals surface area contributed by atoms with E-state index < -0.39 is 6.10 Å². The van der Waals surface area contributed by atoms with Crippen LogP contribution in [-0.2, 0) is 0 Å². The highest BCUT2D eigenvalue weighted by molar-refractivity contribution is 6.33. The van der Waals surface area contributed by atoms with Gasteiger partial charge in [0.15, 0.2) is 0 Å². The monoisotopic (exact) mass is 251 g/mol. The molecule has 0 bridgehead atoms. The highest BCUT2D eigenvalue weighted by atomic mass is 35.5. The molecule has 17 heavy (non-hydrogen) atoms. The second-order valence-electron chi connectivity index (χ2n) is 4.63. The summed E-state index contributed by atoms with van der Waals surface area (Å²) in [6.45, 7) is 5.84. The van der Waals surface area contributed by atoms with E-state index in [4.69, 9.17) is 11.6 Å². The third-order valence-corrected chi connectivity index (χ3v) is 3.53. The summed E-state index contributed by atoms with van der Waals surface area (Å²) >= 11 is 6.27. The van der Waals surface area contributed by atoms with Gasteiger partial charge in [0.2, 0.25) is 0 Å². The average Bonchev–Trinajstić information content (AvgIpc) is 2.30. The number of nitrogens with zero attached hydrogens (tertiary/aromatic N) is 1. The summed E-state index contributed by atoms with van der Waals surface area (Å²) in [6.07, 6.45) is 2.86. The summed E-state index contributed by atoms with van der Waals surface area (Å²) in [6, 6.07) is 5.79. The maximum absolute atomic E-state index is 9.50. The van der Waals surface area contributed by atoms with Gasteiger partial charge in [-0.25, -0.2) is 0 Å². The second kappa shape index (κ2) is 5.11. The molecule has 3 heteroatoms. The largest absolute Gasteiger partial charge is 0.389 e. The molecule has 1 N–H and O–H groups in total. The van der Waals surface area contributed by atoms with Gasteiger partial charge in [0, 0.05) is 13.1 Å². The van der Waals surface area contributed by atoms with Crippen molar-refractivity contribution in [3.05, 3.63) is 40.4 Å². The molecule has 0 radical (unpaired) electrons. The van der Waals surface area contributed by atoms with Crippen LogP contribution in [0.15, 0.2) is 29.8 Å². The second-order valence-corrected chi connectivity index (χ2v) is 5.04. The first kappa shape index (κ1) is 12.5. The lowest BCUT2D eigenvalue weighted by Gasteiger charge is -2.28. The number of aliphatic hydroxyl groups is 1. The Kier molecular flexibility index (Phi) is 3.75. The molecule has 0 aliphatic carbocycles. The van der Waals surface area contributed by atoms with Crippen LogP contribution in [-0.4, -0.2) is 18.2 Å². The van der Waals surface area contributed by atoms with E-state index in [2.05, 4.69) is 17.9 Å². The number of hydrogen-bond donors (Lipinski definition) is 1. The van der Waals surface area contributed by atoms with Crippen LogP contribution in [0, 0.1) is 0 Å². The van der Waals surface area contributed by atoms with Gasteiger partial charge in [0.1, 0.15) is 0 Å². The van der Waals surface area contributed by atoms with E-state index in [1.165, 1.54) is 5.57 Å². The third kappa shape index (κ3) is 2.82. The molecule has 1 aromatic rings. The topological polar surface area (TPSA) is 23.5 Å². The van der Waals surface area contributed by atoms with Crippen LogP contribution < -0.4 is 4.90 Å². The lowest BCUT2D eigenvalue weighted by atomic mass is 10.1. The Hall–Kier alpha value is -0.990. The molecule has 0 amide bonds. The van der Waals surface area contributed by atoms with Crippen molar-refractivity contribution in [1.29, 1.82) is 0 Å². The van der Waals surface area contributed by atoms with Crippen molar-refractivity contribution >= 4 is 17.3 Å². The minimum atomic E-state index is -0.468. The molecular formula is C14H18ClNO. The van der Waals surface area contributed by atoms with Crippen LogP contribution in [0.2, 0.25) is 5.02 Å². The molecule has 1 aliphatic heterocycles. The lowest BCUT2D eigenvalue weighted by Crippen LogP contribution is -2.28. The molecule has 0 fully saturated rings. The van der Waals surface area contributed by atoms with Crippen LogP contribution in [0.25, 0.3) is 0 Å². The highest BCUT2D eigenvalue weighted by Crippen LogP contribution is 2.30. The molecular weight excluding hydrogens is 234 g/mol. The maximum Gasteiger partial charge on any atom is 0.0762 e. The molecule has 0 aromatic heterocycles. The number of anilines is 1. The zero-order valence-electron chi connectivity index (χ0n) is 10.3. The summed E-state index contributed by atoms with van der Waals surface area (Å²) in [5, 5.41) is 10.2. The summed E-state index contributed by atoms with van der Waals surface area (Å²) in [5.41, 5.74) is 3.36. The third-order valence-electron chi connectivity index (χ3n) is 3.23. The molecule has 0 spiro atoms. The van der Waals surface area contributed by atoms with E-state index in [0.29, 0.717) is 0 Å². The summed E-state index contributed by atoms with van der Waals surface area (Å²) < 4.78 is 0. The van der Waals surface area contributed by atoms with Gasteiger partial charge in [-0.1, -0.05) is 29.3 Å². The fraction of sp³-hybridized carbons (Fsp3) is 0.429. The number of hydrogen-bond acceptors (Lipinski definition) is 2. The average molecular weight is 252 g/mol. The van der Waals surface area contributed by atoms with Crippen molar-refractivity contribution in [2.24, 2.45) is 0 Å². The number of benzene rings is 1. The molecule has 1 heterocycles. The molecule has 1 aliphatic rings. The van der Waals surface area contributed by atoms with E-state index in [-0.39, 0.29) is 0 Å². The minimum Gasteiger partial charge on any atom is -0.389 e. The van der Waals surface area contributed by atoms with Gasteiger partial charge < -0.3 is 10.0 Å². The summed E-state index contributed by atoms with van der Waals surface area (Å²) in [5.74, 6) is 0. The van der Waals surface area contributed by atoms with Crippen molar-refractivity contribution in [2.75, 3.05) is 18.0 Å². The zero-order valence-corrected chi connectivity index (χ0v) is 11.0. The summed E-state index contributed by atoms with van der Waals surface area (Å²) in [7, 11) is 0. The number of halogens is 1. The fourth-order valence-electron chi connectivity index (χ4n) is 2.03. The molecule has 92 valence electrons. The van der Waals surface area contributed by atoms with E-state index in [9.17, 15) is 5.11 Å². The Morgan fingerprint density at radius 2 is 2.18 bits per heavy atom. The van der Waals surface area contributed by atoms with Gasteiger partial charge in [-0.15, -0.1) is 0 Å². The quantitative estimate of drug-likeness (QED) is 0.813. The van der Waals surface area contributed by atoms with Crippen LogP contribution in [0.5, 0.6) is 0 Å². The fourth-order valence-corrected chi connectivity index (χ4v) is 2.34. The van der Waals surface area contributed by atoms with E-state index in [1.807, 2.05) is 18.2 Å². The standard InChI is InChI=1S/C14H18ClNO/c1-10-5-7-16(8-6-10)14-4-3-12(11(2)17)9-13(14)15/h3-5,9,11,17H,6-8H2,1-2H3/t11-/m0/s1. The Labute approximate surface area is 108 Å². The molecule has 1 atom stereocenters. The SMILES string of the molecule is CC1=CCN(c2ccc([C@H](C)O)cc2Cl)CC1. The zero-order chi connectivity index (χ0) is 12.4. The first-order valence-corrected chi connectivity index (χ1v) is 6.34. The summed E-state index contributed by atoms with van der Waals surface area (Å²) in [4.78, 5) is 2.27. The molecule has 0 saturated heterocycles. The highest BCUT2D eigenvalue weighted by Gasteiger charge is 2.14. The van der Waals surface area contributed by atoms with Crippen LogP contribution in [0.4, 0.5) is 5.69 Å². The first-order valence-electron chi connectivity index (χ1n) is 5.96. The van der Waals surface area contributed by atoms with Crippen LogP contribution in [0.3, 0.4) is 0 Å². The maximum atomic E-state index is 9.50. The van der Waals surface area contributed by atoms with Crippen molar-refractivity contribution in [1.82, 2.24) is 0 Å². The van der Waals surface area contributed by atoms with Gasteiger partial charge in [0.05, 0.1) is 16.8 Å². The predicted octanol–water partition coefficient (Wildman–Crippen LogP) is 3.55. The van der Waals surface area contributed by atoms with Gasteiger partial charge >= 0.3 is 0 Å².